The zero-order valence-corrected chi connectivity index (χ0v) is 15.3. The first-order chi connectivity index (χ1) is 12.7. The van der Waals surface area contributed by atoms with Gasteiger partial charge in [-0.1, -0.05) is 29.7 Å². The van der Waals surface area contributed by atoms with E-state index in [1.807, 2.05) is 49.4 Å². The largest absolute Gasteiger partial charge is 0.462 e. The molecule has 3 rings (SSSR count). The van der Waals surface area contributed by atoms with Gasteiger partial charge in [0.2, 0.25) is 0 Å². The SMILES string of the molecule is [B]c1ccccc1CNC1CCN(c2ccc(C(=O)OCC)cc2)CC1. The first-order valence-electron chi connectivity index (χ1n) is 9.26. The Morgan fingerprint density at radius 2 is 1.85 bits per heavy atom. The van der Waals surface area contributed by atoms with Crippen LogP contribution < -0.4 is 15.7 Å². The van der Waals surface area contributed by atoms with E-state index in [-0.39, 0.29) is 5.97 Å². The molecule has 1 N–H and O–H groups in total. The van der Waals surface area contributed by atoms with Gasteiger partial charge in [0.05, 0.1) is 12.2 Å². The number of rotatable bonds is 6. The molecule has 2 radical (unpaired) electrons. The Morgan fingerprint density at radius 1 is 1.15 bits per heavy atom. The van der Waals surface area contributed by atoms with Crippen molar-refractivity contribution in [1.29, 1.82) is 0 Å². The highest BCUT2D eigenvalue weighted by Crippen LogP contribution is 2.21. The number of nitrogens with one attached hydrogen (secondary N) is 1. The molecular formula is C21H25BN2O2. The molecule has 0 spiro atoms. The predicted molar refractivity (Wildman–Crippen MR) is 106 cm³/mol. The van der Waals surface area contributed by atoms with E-state index in [0.29, 0.717) is 18.2 Å². The summed E-state index contributed by atoms with van der Waals surface area (Å²) in [5.41, 5.74) is 3.76. The Morgan fingerprint density at radius 3 is 2.50 bits per heavy atom. The summed E-state index contributed by atoms with van der Waals surface area (Å²) in [5.74, 6) is -0.262. The molecule has 0 aliphatic carbocycles. The van der Waals surface area contributed by atoms with Crippen LogP contribution >= 0.6 is 0 Å². The normalized spacial score (nSPS) is 15.0. The highest BCUT2D eigenvalue weighted by Gasteiger charge is 2.19. The highest BCUT2D eigenvalue weighted by atomic mass is 16.5. The van der Waals surface area contributed by atoms with Gasteiger partial charge in [-0.2, -0.15) is 0 Å². The topological polar surface area (TPSA) is 41.6 Å². The minimum Gasteiger partial charge on any atom is -0.462 e. The van der Waals surface area contributed by atoms with Gasteiger partial charge >= 0.3 is 5.97 Å². The molecule has 0 atom stereocenters. The van der Waals surface area contributed by atoms with Crippen LogP contribution in [0.4, 0.5) is 5.69 Å². The third-order valence-corrected chi connectivity index (χ3v) is 4.87. The zero-order chi connectivity index (χ0) is 18.4. The van der Waals surface area contributed by atoms with Crippen molar-refractivity contribution in [2.24, 2.45) is 0 Å². The van der Waals surface area contributed by atoms with Crippen molar-refractivity contribution < 1.29 is 9.53 Å². The summed E-state index contributed by atoms with van der Waals surface area (Å²) in [6.07, 6.45) is 2.18. The van der Waals surface area contributed by atoms with Gasteiger partial charge in [-0.05, 0) is 49.6 Å². The molecule has 2 aromatic rings. The number of anilines is 1. The number of benzene rings is 2. The second kappa shape index (κ2) is 8.90. The van der Waals surface area contributed by atoms with Crippen molar-refractivity contribution in [1.82, 2.24) is 5.32 Å². The van der Waals surface area contributed by atoms with E-state index in [9.17, 15) is 4.79 Å². The first-order valence-corrected chi connectivity index (χ1v) is 9.26. The van der Waals surface area contributed by atoms with Crippen molar-refractivity contribution in [2.75, 3.05) is 24.6 Å². The lowest BCUT2D eigenvalue weighted by Gasteiger charge is -2.34. The van der Waals surface area contributed by atoms with Gasteiger partial charge < -0.3 is 15.0 Å². The molecule has 0 amide bonds. The molecule has 0 unspecified atom stereocenters. The van der Waals surface area contributed by atoms with Crippen LogP contribution in [0.25, 0.3) is 0 Å². The summed E-state index contributed by atoms with van der Waals surface area (Å²) in [6.45, 7) is 5.03. The Labute approximate surface area is 157 Å². The van der Waals surface area contributed by atoms with E-state index < -0.39 is 0 Å². The smallest absolute Gasteiger partial charge is 0.338 e. The summed E-state index contributed by atoms with van der Waals surface area (Å²) in [7, 11) is 6.01. The summed E-state index contributed by atoms with van der Waals surface area (Å²) in [6, 6.07) is 16.2. The number of carbonyl (C=O) groups is 1. The maximum Gasteiger partial charge on any atom is 0.338 e. The maximum absolute atomic E-state index is 11.7. The van der Waals surface area contributed by atoms with Gasteiger partial charge in [-0.25, -0.2) is 4.79 Å². The molecule has 1 aliphatic heterocycles. The van der Waals surface area contributed by atoms with Gasteiger partial charge in [0.15, 0.2) is 0 Å². The second-order valence-electron chi connectivity index (χ2n) is 6.61. The Balaban J connectivity index is 1.49. The van der Waals surface area contributed by atoms with E-state index >= 15 is 0 Å². The van der Waals surface area contributed by atoms with Crippen molar-refractivity contribution in [3.63, 3.8) is 0 Å². The minimum atomic E-state index is -0.262. The summed E-state index contributed by atoms with van der Waals surface area (Å²) in [4.78, 5) is 14.1. The lowest BCUT2D eigenvalue weighted by Crippen LogP contribution is -2.42. The molecule has 2 aromatic carbocycles. The van der Waals surface area contributed by atoms with E-state index in [1.54, 1.807) is 0 Å². The number of carbonyl (C=O) groups excluding carboxylic acids is 1. The monoisotopic (exact) mass is 348 g/mol. The van der Waals surface area contributed by atoms with Crippen LogP contribution in [0.5, 0.6) is 0 Å². The first kappa shape index (κ1) is 18.5. The molecule has 0 saturated carbocycles. The molecule has 26 heavy (non-hydrogen) atoms. The Kier molecular flexibility index (Phi) is 6.34. The Bertz CT molecular complexity index is 725. The number of esters is 1. The van der Waals surface area contributed by atoms with E-state index in [0.717, 1.165) is 49.2 Å². The molecular weight excluding hydrogens is 323 g/mol. The second-order valence-corrected chi connectivity index (χ2v) is 6.61. The van der Waals surface area contributed by atoms with E-state index in [4.69, 9.17) is 12.6 Å². The number of hydrogen-bond acceptors (Lipinski definition) is 4. The fourth-order valence-electron chi connectivity index (χ4n) is 3.31. The third-order valence-electron chi connectivity index (χ3n) is 4.87. The average molecular weight is 348 g/mol. The molecule has 0 bridgehead atoms. The van der Waals surface area contributed by atoms with Crippen LogP contribution in [0.15, 0.2) is 48.5 Å². The molecule has 1 aliphatic rings. The van der Waals surface area contributed by atoms with Crippen LogP contribution in [0.2, 0.25) is 0 Å². The Hall–Kier alpha value is -2.27. The van der Waals surface area contributed by atoms with Crippen molar-refractivity contribution in [2.45, 2.75) is 32.4 Å². The highest BCUT2D eigenvalue weighted by molar-refractivity contribution is 6.33. The lowest BCUT2D eigenvalue weighted by atomic mass is 9.90. The van der Waals surface area contributed by atoms with Crippen molar-refractivity contribution in [3.05, 3.63) is 59.7 Å². The fraction of sp³-hybridized carbons (Fsp3) is 0.381. The van der Waals surface area contributed by atoms with Crippen LogP contribution in [0, 0.1) is 0 Å². The van der Waals surface area contributed by atoms with Crippen LogP contribution in [0.3, 0.4) is 0 Å². The number of nitrogens with zero attached hydrogens (tertiary/aromatic N) is 1. The predicted octanol–water partition coefficient (Wildman–Crippen LogP) is 2.42. The number of ether oxygens (including phenoxy) is 1. The fourth-order valence-corrected chi connectivity index (χ4v) is 3.31. The van der Waals surface area contributed by atoms with Gasteiger partial charge in [0.1, 0.15) is 7.85 Å². The molecule has 5 heteroatoms. The molecule has 1 saturated heterocycles. The van der Waals surface area contributed by atoms with Crippen LogP contribution in [-0.4, -0.2) is 39.6 Å². The summed E-state index contributed by atoms with van der Waals surface area (Å²) < 4.78 is 5.03. The molecule has 134 valence electrons. The lowest BCUT2D eigenvalue weighted by molar-refractivity contribution is 0.0526. The van der Waals surface area contributed by atoms with Crippen LogP contribution in [0.1, 0.15) is 35.7 Å². The number of piperidine rings is 1. The zero-order valence-electron chi connectivity index (χ0n) is 15.3. The van der Waals surface area contributed by atoms with E-state index in [2.05, 4.69) is 16.3 Å². The van der Waals surface area contributed by atoms with Crippen molar-refractivity contribution >= 4 is 25.0 Å². The van der Waals surface area contributed by atoms with Crippen molar-refractivity contribution in [3.8, 4) is 0 Å². The molecule has 0 aromatic heterocycles. The van der Waals surface area contributed by atoms with Gasteiger partial charge in [0, 0.05) is 31.4 Å². The maximum atomic E-state index is 11.7. The number of hydrogen-bond donors (Lipinski definition) is 1. The minimum absolute atomic E-state index is 0.262. The average Bonchev–Trinajstić information content (AvgIpc) is 2.68. The van der Waals surface area contributed by atoms with Gasteiger partial charge in [0.25, 0.3) is 0 Å². The quantitative estimate of drug-likeness (QED) is 0.643. The van der Waals surface area contributed by atoms with Crippen LogP contribution in [-0.2, 0) is 11.3 Å². The third kappa shape index (κ3) is 4.67. The summed E-state index contributed by atoms with van der Waals surface area (Å²) >= 11 is 0. The standard InChI is InChI=1S/C21H25BN2O2/c1-2-26-21(25)16-7-9-19(10-8-16)24-13-11-18(12-14-24)23-15-17-5-3-4-6-20(17)22/h3-10,18,23H,2,11-15H2,1H3. The van der Waals surface area contributed by atoms with Gasteiger partial charge in [-0.3, -0.25) is 0 Å². The van der Waals surface area contributed by atoms with Gasteiger partial charge in [-0.15, -0.1) is 0 Å². The van der Waals surface area contributed by atoms with E-state index in [1.165, 1.54) is 0 Å². The molecule has 1 heterocycles. The molecule has 4 nitrogen and oxygen atoms in total. The summed E-state index contributed by atoms with van der Waals surface area (Å²) in [5, 5.41) is 3.62. The molecule has 1 fully saturated rings.